The number of aryl methyl sites for hydroxylation is 1. The molecule has 0 aliphatic carbocycles. The number of carbonyl (C=O) groups is 1. The molecule has 0 aliphatic heterocycles. The highest BCUT2D eigenvalue weighted by molar-refractivity contribution is 6.32. The van der Waals surface area contributed by atoms with Crippen molar-refractivity contribution in [3.8, 4) is 5.75 Å². The minimum atomic E-state index is -1.02. The van der Waals surface area contributed by atoms with E-state index >= 15 is 0 Å². The van der Waals surface area contributed by atoms with Gasteiger partial charge in [-0.15, -0.1) is 10.2 Å². The maximum absolute atomic E-state index is 10.4. The number of aromatic nitrogens is 2. The SMILES string of the molecule is Cc1nnc(COc2ccc(C=CC(=O)O)cc2Cl)o1. The van der Waals surface area contributed by atoms with Crippen molar-refractivity contribution < 1.29 is 19.1 Å². The lowest BCUT2D eigenvalue weighted by atomic mass is 10.2. The topological polar surface area (TPSA) is 85.5 Å². The van der Waals surface area contributed by atoms with Gasteiger partial charge in [0.25, 0.3) is 5.89 Å². The van der Waals surface area contributed by atoms with Gasteiger partial charge in [-0.25, -0.2) is 4.79 Å². The molecule has 0 radical (unpaired) electrons. The molecule has 1 aromatic carbocycles. The molecule has 1 N–H and O–H groups in total. The molecule has 6 nitrogen and oxygen atoms in total. The van der Waals surface area contributed by atoms with Crippen LogP contribution in [0.4, 0.5) is 0 Å². The minimum absolute atomic E-state index is 0.116. The Morgan fingerprint density at radius 1 is 1.50 bits per heavy atom. The maximum atomic E-state index is 10.4. The quantitative estimate of drug-likeness (QED) is 0.853. The zero-order valence-electron chi connectivity index (χ0n) is 10.5. The highest BCUT2D eigenvalue weighted by Crippen LogP contribution is 2.26. The van der Waals surface area contributed by atoms with Gasteiger partial charge >= 0.3 is 5.97 Å². The molecule has 0 aliphatic rings. The molecule has 2 aromatic rings. The third-order valence-electron chi connectivity index (χ3n) is 2.29. The van der Waals surface area contributed by atoms with Crippen LogP contribution in [0.25, 0.3) is 6.08 Å². The summed E-state index contributed by atoms with van der Waals surface area (Å²) in [5.41, 5.74) is 0.665. The lowest BCUT2D eigenvalue weighted by Gasteiger charge is -2.06. The molecule has 7 heteroatoms. The van der Waals surface area contributed by atoms with E-state index in [4.69, 9.17) is 25.9 Å². The fraction of sp³-hybridized carbons (Fsp3) is 0.154. The molecule has 20 heavy (non-hydrogen) atoms. The van der Waals surface area contributed by atoms with Crippen LogP contribution in [-0.4, -0.2) is 21.3 Å². The van der Waals surface area contributed by atoms with E-state index in [1.807, 2.05) is 0 Å². The number of nitrogens with zero attached hydrogens (tertiary/aromatic N) is 2. The Morgan fingerprint density at radius 3 is 2.90 bits per heavy atom. The van der Waals surface area contributed by atoms with Gasteiger partial charge in [0.05, 0.1) is 5.02 Å². The number of hydrogen-bond acceptors (Lipinski definition) is 5. The molecular weight excluding hydrogens is 284 g/mol. The summed E-state index contributed by atoms with van der Waals surface area (Å²) in [6.07, 6.45) is 2.48. The van der Waals surface area contributed by atoms with Crippen LogP contribution in [0, 0.1) is 6.92 Å². The van der Waals surface area contributed by atoms with E-state index < -0.39 is 5.97 Å². The number of carboxylic acids is 1. The second-order valence-electron chi connectivity index (χ2n) is 3.86. The first-order chi connectivity index (χ1) is 9.54. The summed E-state index contributed by atoms with van der Waals surface area (Å²) in [4.78, 5) is 10.4. The molecule has 104 valence electrons. The van der Waals surface area contributed by atoms with Gasteiger partial charge in [0.1, 0.15) is 5.75 Å². The van der Waals surface area contributed by atoms with E-state index in [-0.39, 0.29) is 6.61 Å². The number of hydrogen-bond donors (Lipinski definition) is 1. The van der Waals surface area contributed by atoms with Crippen LogP contribution in [0.3, 0.4) is 0 Å². The van der Waals surface area contributed by atoms with Gasteiger partial charge in [0.2, 0.25) is 5.89 Å². The van der Waals surface area contributed by atoms with Crippen LogP contribution < -0.4 is 4.74 Å². The van der Waals surface area contributed by atoms with Crippen molar-refractivity contribution in [3.63, 3.8) is 0 Å². The van der Waals surface area contributed by atoms with Crippen molar-refractivity contribution in [1.29, 1.82) is 0 Å². The Labute approximate surface area is 119 Å². The van der Waals surface area contributed by atoms with E-state index in [2.05, 4.69) is 10.2 Å². The number of rotatable bonds is 5. The van der Waals surface area contributed by atoms with Gasteiger partial charge in [0.15, 0.2) is 6.61 Å². The van der Waals surface area contributed by atoms with Crippen molar-refractivity contribution in [2.75, 3.05) is 0 Å². The first-order valence-corrected chi connectivity index (χ1v) is 6.05. The Hall–Kier alpha value is -2.34. The summed E-state index contributed by atoms with van der Waals surface area (Å²) in [6.45, 7) is 1.80. The lowest BCUT2D eigenvalue weighted by molar-refractivity contribution is -0.131. The second-order valence-corrected chi connectivity index (χ2v) is 4.27. The third-order valence-corrected chi connectivity index (χ3v) is 2.59. The van der Waals surface area contributed by atoms with Crippen LogP contribution in [-0.2, 0) is 11.4 Å². The molecule has 2 rings (SSSR count). The van der Waals surface area contributed by atoms with E-state index in [1.54, 1.807) is 25.1 Å². The van der Waals surface area contributed by atoms with Crippen LogP contribution in [0.15, 0.2) is 28.7 Å². The zero-order valence-corrected chi connectivity index (χ0v) is 11.3. The lowest BCUT2D eigenvalue weighted by Crippen LogP contribution is -1.96. The highest BCUT2D eigenvalue weighted by Gasteiger charge is 2.06. The largest absolute Gasteiger partial charge is 0.482 e. The van der Waals surface area contributed by atoms with Gasteiger partial charge in [-0.05, 0) is 23.8 Å². The van der Waals surface area contributed by atoms with Gasteiger partial charge in [-0.1, -0.05) is 17.7 Å². The predicted molar refractivity (Wildman–Crippen MR) is 71.5 cm³/mol. The smallest absolute Gasteiger partial charge is 0.328 e. The Bertz CT molecular complexity index is 652. The average Bonchev–Trinajstić information content (AvgIpc) is 2.81. The molecule has 0 saturated carbocycles. The fourth-order valence-electron chi connectivity index (χ4n) is 1.44. The van der Waals surface area contributed by atoms with Crippen molar-refractivity contribution in [2.45, 2.75) is 13.5 Å². The molecule has 0 bridgehead atoms. The van der Waals surface area contributed by atoms with E-state index in [9.17, 15) is 4.79 Å². The van der Waals surface area contributed by atoms with Crippen LogP contribution in [0.1, 0.15) is 17.3 Å². The van der Waals surface area contributed by atoms with E-state index in [1.165, 1.54) is 6.08 Å². The summed E-state index contributed by atoms with van der Waals surface area (Å²) in [7, 11) is 0. The number of halogens is 1. The van der Waals surface area contributed by atoms with Gasteiger partial charge in [-0.2, -0.15) is 0 Å². The molecule has 0 spiro atoms. The average molecular weight is 295 g/mol. The normalized spacial score (nSPS) is 10.9. The molecule has 0 saturated heterocycles. The number of carboxylic acid groups (broad SMARTS) is 1. The second kappa shape index (κ2) is 6.21. The predicted octanol–water partition coefficient (Wildman–Crippen LogP) is 2.71. The van der Waals surface area contributed by atoms with Crippen LogP contribution in [0.5, 0.6) is 5.75 Å². The molecule has 0 amide bonds. The Morgan fingerprint density at radius 2 is 2.30 bits per heavy atom. The van der Waals surface area contributed by atoms with Gasteiger partial charge in [0, 0.05) is 13.0 Å². The molecule has 1 heterocycles. The summed E-state index contributed by atoms with van der Waals surface area (Å²) < 4.78 is 10.6. The van der Waals surface area contributed by atoms with Gasteiger partial charge < -0.3 is 14.3 Å². The van der Waals surface area contributed by atoms with Crippen LogP contribution in [0.2, 0.25) is 5.02 Å². The van der Waals surface area contributed by atoms with Gasteiger partial charge in [-0.3, -0.25) is 0 Å². The Balaban J connectivity index is 2.04. The summed E-state index contributed by atoms with van der Waals surface area (Å²) in [6, 6.07) is 4.95. The number of aliphatic carboxylic acids is 1. The van der Waals surface area contributed by atoms with Crippen molar-refractivity contribution in [3.05, 3.63) is 46.6 Å². The summed E-state index contributed by atoms with van der Waals surface area (Å²) >= 11 is 6.04. The third kappa shape index (κ3) is 3.83. The summed E-state index contributed by atoms with van der Waals surface area (Å²) in [5.74, 6) is 0.250. The molecule has 0 atom stereocenters. The maximum Gasteiger partial charge on any atom is 0.328 e. The molecular formula is C13H11ClN2O4. The Kier molecular flexibility index (Phi) is 4.37. The molecule has 1 aromatic heterocycles. The minimum Gasteiger partial charge on any atom is -0.482 e. The highest BCUT2D eigenvalue weighted by atomic mass is 35.5. The number of ether oxygens (including phenoxy) is 1. The van der Waals surface area contributed by atoms with E-state index in [0.29, 0.717) is 28.1 Å². The standard InChI is InChI=1S/C13H11ClN2O4/c1-8-15-16-12(20-8)7-19-11-4-2-9(6-10(11)14)3-5-13(17)18/h2-6H,7H2,1H3,(H,17,18). The number of benzene rings is 1. The molecule has 0 fully saturated rings. The first kappa shape index (κ1) is 14.1. The molecule has 0 unspecified atom stereocenters. The van der Waals surface area contributed by atoms with Crippen LogP contribution >= 0.6 is 11.6 Å². The fourth-order valence-corrected chi connectivity index (χ4v) is 1.68. The summed E-state index contributed by atoms with van der Waals surface area (Å²) in [5, 5.41) is 16.4. The van der Waals surface area contributed by atoms with Crippen molar-refractivity contribution in [1.82, 2.24) is 10.2 Å². The van der Waals surface area contributed by atoms with E-state index in [0.717, 1.165) is 6.08 Å². The van der Waals surface area contributed by atoms with Crippen molar-refractivity contribution >= 4 is 23.6 Å². The monoisotopic (exact) mass is 294 g/mol. The zero-order chi connectivity index (χ0) is 14.5. The van der Waals surface area contributed by atoms with Crippen molar-refractivity contribution in [2.24, 2.45) is 0 Å². The first-order valence-electron chi connectivity index (χ1n) is 5.67.